The third-order valence-corrected chi connectivity index (χ3v) is 3.28. The number of aliphatic hydroxyl groups excluding tert-OH is 1. The van der Waals surface area contributed by atoms with Crippen molar-refractivity contribution in [2.45, 2.75) is 32.4 Å². The molecule has 2 N–H and O–H groups in total. The first-order chi connectivity index (χ1) is 8.04. The molecule has 0 saturated heterocycles. The molecule has 2 atom stereocenters. The SMILES string of the molecule is CC(CO)CNC1c2ccccc2OC1(C)C. The minimum absolute atomic E-state index is 0.188. The molecule has 0 aliphatic carbocycles. The van der Waals surface area contributed by atoms with Gasteiger partial charge in [0.2, 0.25) is 0 Å². The molecular weight excluding hydrogens is 214 g/mol. The summed E-state index contributed by atoms with van der Waals surface area (Å²) in [5.41, 5.74) is 0.974. The molecule has 0 aromatic heterocycles. The predicted molar refractivity (Wildman–Crippen MR) is 68.1 cm³/mol. The normalized spacial score (nSPS) is 22.9. The van der Waals surface area contributed by atoms with E-state index >= 15 is 0 Å². The van der Waals surface area contributed by atoms with E-state index in [4.69, 9.17) is 9.84 Å². The van der Waals surface area contributed by atoms with Crippen molar-refractivity contribution in [1.82, 2.24) is 5.32 Å². The summed E-state index contributed by atoms with van der Waals surface area (Å²) >= 11 is 0. The third kappa shape index (κ3) is 2.45. The Morgan fingerprint density at radius 3 is 2.82 bits per heavy atom. The second-order valence-corrected chi connectivity index (χ2v) is 5.37. The molecule has 94 valence electrons. The summed E-state index contributed by atoms with van der Waals surface area (Å²) in [6.07, 6.45) is 0. The molecular formula is C14H21NO2. The molecule has 17 heavy (non-hydrogen) atoms. The molecule has 3 nitrogen and oxygen atoms in total. The van der Waals surface area contributed by atoms with Crippen molar-refractivity contribution in [2.75, 3.05) is 13.2 Å². The predicted octanol–water partition coefficient (Wildman–Crippen LogP) is 2.12. The molecule has 1 aliphatic heterocycles. The van der Waals surface area contributed by atoms with Gasteiger partial charge in [-0.05, 0) is 25.8 Å². The molecule has 1 aromatic carbocycles. The number of hydrogen-bond acceptors (Lipinski definition) is 3. The molecule has 1 aliphatic rings. The smallest absolute Gasteiger partial charge is 0.125 e. The molecule has 0 fully saturated rings. The van der Waals surface area contributed by atoms with E-state index in [1.165, 1.54) is 5.56 Å². The van der Waals surface area contributed by atoms with Crippen molar-refractivity contribution < 1.29 is 9.84 Å². The summed E-state index contributed by atoms with van der Waals surface area (Å²) in [5, 5.41) is 12.6. The van der Waals surface area contributed by atoms with Crippen molar-refractivity contribution in [3.8, 4) is 5.75 Å². The average Bonchev–Trinajstić information content (AvgIpc) is 2.56. The van der Waals surface area contributed by atoms with Crippen LogP contribution >= 0.6 is 0 Å². The Morgan fingerprint density at radius 2 is 2.12 bits per heavy atom. The number of aliphatic hydroxyl groups is 1. The number of ether oxygens (including phenoxy) is 1. The average molecular weight is 235 g/mol. The molecule has 2 unspecified atom stereocenters. The summed E-state index contributed by atoms with van der Waals surface area (Å²) in [4.78, 5) is 0. The van der Waals surface area contributed by atoms with Gasteiger partial charge in [0, 0.05) is 18.7 Å². The molecule has 1 heterocycles. The lowest BCUT2D eigenvalue weighted by molar-refractivity contribution is 0.0927. The fraction of sp³-hybridized carbons (Fsp3) is 0.571. The summed E-state index contributed by atoms with van der Waals surface area (Å²) in [6.45, 7) is 7.22. The van der Waals surface area contributed by atoms with E-state index in [1.807, 2.05) is 25.1 Å². The zero-order valence-electron chi connectivity index (χ0n) is 10.7. The van der Waals surface area contributed by atoms with Gasteiger partial charge in [-0.15, -0.1) is 0 Å². The Kier molecular flexibility index (Phi) is 3.40. The fourth-order valence-corrected chi connectivity index (χ4v) is 2.27. The van der Waals surface area contributed by atoms with Crippen LogP contribution in [0.4, 0.5) is 0 Å². The highest BCUT2D eigenvalue weighted by Gasteiger charge is 2.40. The maximum Gasteiger partial charge on any atom is 0.125 e. The van der Waals surface area contributed by atoms with E-state index < -0.39 is 0 Å². The number of fused-ring (bicyclic) bond motifs is 1. The van der Waals surface area contributed by atoms with E-state index in [0.717, 1.165) is 12.3 Å². The second kappa shape index (κ2) is 4.67. The Labute approximate surface area is 103 Å². The lowest BCUT2D eigenvalue weighted by atomic mass is 9.94. The highest BCUT2D eigenvalue weighted by molar-refractivity contribution is 5.42. The van der Waals surface area contributed by atoms with Crippen LogP contribution in [0.5, 0.6) is 5.75 Å². The standard InChI is InChI=1S/C14H21NO2/c1-10(9-16)8-15-13-11-6-4-5-7-12(11)17-14(13,2)3/h4-7,10,13,15-16H,8-9H2,1-3H3. The molecule has 2 rings (SSSR count). The van der Waals surface area contributed by atoms with Gasteiger partial charge in [-0.1, -0.05) is 25.1 Å². The Morgan fingerprint density at radius 1 is 1.41 bits per heavy atom. The quantitative estimate of drug-likeness (QED) is 0.840. The van der Waals surface area contributed by atoms with Gasteiger partial charge in [0.25, 0.3) is 0 Å². The Hall–Kier alpha value is -1.06. The fourth-order valence-electron chi connectivity index (χ4n) is 2.27. The van der Waals surface area contributed by atoms with Crippen LogP contribution in [-0.2, 0) is 0 Å². The highest BCUT2D eigenvalue weighted by Crippen LogP contribution is 2.42. The van der Waals surface area contributed by atoms with E-state index in [1.54, 1.807) is 0 Å². The zero-order valence-corrected chi connectivity index (χ0v) is 10.7. The number of hydrogen-bond donors (Lipinski definition) is 2. The van der Waals surface area contributed by atoms with E-state index in [-0.39, 0.29) is 24.2 Å². The van der Waals surface area contributed by atoms with Gasteiger partial charge in [-0.2, -0.15) is 0 Å². The maximum atomic E-state index is 9.06. The first-order valence-electron chi connectivity index (χ1n) is 6.17. The molecule has 1 aromatic rings. The summed E-state index contributed by atoms with van der Waals surface area (Å²) in [7, 11) is 0. The topological polar surface area (TPSA) is 41.5 Å². The number of rotatable bonds is 4. The molecule has 0 radical (unpaired) electrons. The van der Waals surface area contributed by atoms with Crippen molar-refractivity contribution >= 4 is 0 Å². The minimum Gasteiger partial charge on any atom is -0.486 e. The van der Waals surface area contributed by atoms with E-state index in [9.17, 15) is 0 Å². The van der Waals surface area contributed by atoms with Gasteiger partial charge in [-0.25, -0.2) is 0 Å². The van der Waals surface area contributed by atoms with Crippen LogP contribution in [0, 0.1) is 5.92 Å². The van der Waals surface area contributed by atoms with Gasteiger partial charge in [0.1, 0.15) is 11.4 Å². The molecule has 0 spiro atoms. The number of nitrogens with one attached hydrogen (secondary N) is 1. The van der Waals surface area contributed by atoms with Crippen molar-refractivity contribution in [3.05, 3.63) is 29.8 Å². The monoisotopic (exact) mass is 235 g/mol. The zero-order chi connectivity index (χ0) is 12.5. The van der Waals surface area contributed by atoms with Crippen LogP contribution in [0.2, 0.25) is 0 Å². The first kappa shape index (κ1) is 12.4. The second-order valence-electron chi connectivity index (χ2n) is 5.37. The first-order valence-corrected chi connectivity index (χ1v) is 6.17. The van der Waals surface area contributed by atoms with Crippen LogP contribution in [-0.4, -0.2) is 23.9 Å². The van der Waals surface area contributed by atoms with Crippen molar-refractivity contribution in [1.29, 1.82) is 0 Å². The van der Waals surface area contributed by atoms with Crippen LogP contribution in [0.15, 0.2) is 24.3 Å². The lowest BCUT2D eigenvalue weighted by Crippen LogP contribution is -2.41. The number of para-hydroxylation sites is 1. The van der Waals surface area contributed by atoms with Crippen LogP contribution < -0.4 is 10.1 Å². The van der Waals surface area contributed by atoms with Gasteiger partial charge >= 0.3 is 0 Å². The van der Waals surface area contributed by atoms with Crippen molar-refractivity contribution in [3.63, 3.8) is 0 Å². The Bertz CT molecular complexity index is 390. The minimum atomic E-state index is -0.237. The largest absolute Gasteiger partial charge is 0.486 e. The lowest BCUT2D eigenvalue weighted by Gasteiger charge is -2.28. The van der Waals surface area contributed by atoms with E-state index in [0.29, 0.717) is 0 Å². The van der Waals surface area contributed by atoms with Crippen LogP contribution in [0.25, 0.3) is 0 Å². The van der Waals surface area contributed by atoms with Crippen molar-refractivity contribution in [2.24, 2.45) is 5.92 Å². The van der Waals surface area contributed by atoms with Crippen LogP contribution in [0.3, 0.4) is 0 Å². The Balaban J connectivity index is 2.14. The van der Waals surface area contributed by atoms with Gasteiger partial charge < -0.3 is 15.2 Å². The maximum absolute atomic E-state index is 9.06. The number of benzene rings is 1. The third-order valence-electron chi connectivity index (χ3n) is 3.28. The van der Waals surface area contributed by atoms with Gasteiger partial charge in [-0.3, -0.25) is 0 Å². The molecule has 0 saturated carbocycles. The van der Waals surface area contributed by atoms with Gasteiger partial charge in [0.15, 0.2) is 0 Å². The summed E-state index contributed by atoms with van der Waals surface area (Å²) in [5.74, 6) is 1.23. The van der Waals surface area contributed by atoms with E-state index in [2.05, 4.69) is 25.2 Å². The van der Waals surface area contributed by atoms with Gasteiger partial charge in [0.05, 0.1) is 6.04 Å². The summed E-state index contributed by atoms with van der Waals surface area (Å²) < 4.78 is 5.95. The molecule has 0 bridgehead atoms. The highest BCUT2D eigenvalue weighted by atomic mass is 16.5. The van der Waals surface area contributed by atoms with Crippen LogP contribution in [0.1, 0.15) is 32.4 Å². The summed E-state index contributed by atoms with van der Waals surface area (Å²) in [6, 6.07) is 8.33. The molecule has 3 heteroatoms. The molecule has 0 amide bonds.